The van der Waals surface area contributed by atoms with Gasteiger partial charge in [0.1, 0.15) is 42.3 Å². The molecule has 0 unspecified atom stereocenters. The highest BCUT2D eigenvalue weighted by atomic mass is 35.5. The summed E-state index contributed by atoms with van der Waals surface area (Å²) in [5, 5.41) is 32.0. The first-order chi connectivity index (χ1) is 30.4. The first-order valence-electron chi connectivity index (χ1n) is 21.4. The van der Waals surface area contributed by atoms with E-state index in [9.17, 15) is 43.5 Å². The van der Waals surface area contributed by atoms with Crippen LogP contribution in [0.15, 0.2) is 54.6 Å². The first kappa shape index (κ1) is 52.7. The highest BCUT2D eigenvalue weighted by Crippen LogP contribution is 2.12. The molecule has 8 amide bonds. The van der Waals surface area contributed by atoms with Crippen LogP contribution in [-0.4, -0.2) is 127 Å². The minimum atomic E-state index is -1.56. The number of aliphatic hydroxyl groups excluding tert-OH is 1. The molecule has 20 nitrogen and oxygen atoms in total. The van der Waals surface area contributed by atoms with Crippen LogP contribution in [0.2, 0.25) is 5.02 Å². The Morgan fingerprint density at radius 1 is 0.641 bits per heavy atom. The zero-order valence-corrected chi connectivity index (χ0v) is 37.2. The summed E-state index contributed by atoms with van der Waals surface area (Å²) in [6, 6.07) is 5.88. The van der Waals surface area contributed by atoms with Crippen LogP contribution in [0.5, 0.6) is 0 Å². The Bertz CT molecular complexity index is 1890. The zero-order chi connectivity index (χ0) is 47.3. The molecule has 1 heterocycles. The second-order valence-electron chi connectivity index (χ2n) is 16.1. The normalized spacial score (nSPS) is 24.2. The van der Waals surface area contributed by atoms with E-state index in [1.54, 1.807) is 54.6 Å². The standard InChI is InChI=1S/C43H64ClN11O9/c1-24(2)21-33-41(62)52-29(13-17-45)37(58)51-31(15-19-47)40(61)55-36(25(3)56)43(64)48-20-16-32(49-35(57)23-27-9-11-28(44)12-10-27)39(60)50-30(14-18-46)38(59)54-34(42(63)53-33)22-26-7-5-4-6-8-26/h4-12,24-25,29-34,36,56H,13-23,45-47H2,1-3H3,(H,48,64)(H,49,57)(H,50,60)(H,51,58)(H,52,62)(H,53,63)(H,54,59)(H,55,61)/t25-,29+,30+,31+,32+,33+,34-,36+/m1/s1. The van der Waals surface area contributed by atoms with Crippen LogP contribution in [0.4, 0.5) is 0 Å². The number of aliphatic hydroxyl groups is 1. The van der Waals surface area contributed by atoms with E-state index < -0.39 is 95.7 Å². The van der Waals surface area contributed by atoms with Crippen LogP contribution in [-0.2, 0) is 51.2 Å². The Balaban J connectivity index is 2.09. The molecular weight excluding hydrogens is 850 g/mol. The molecule has 1 fully saturated rings. The number of carbonyl (C=O) groups is 8. The van der Waals surface area contributed by atoms with Gasteiger partial charge in [0.05, 0.1) is 12.5 Å². The molecule has 0 bridgehead atoms. The van der Waals surface area contributed by atoms with Gasteiger partial charge in [-0.2, -0.15) is 0 Å². The van der Waals surface area contributed by atoms with E-state index >= 15 is 0 Å². The number of benzene rings is 2. The lowest BCUT2D eigenvalue weighted by molar-refractivity contribution is -0.136. The van der Waals surface area contributed by atoms with E-state index in [0.717, 1.165) is 0 Å². The maximum atomic E-state index is 14.2. The number of nitrogens with one attached hydrogen (secondary N) is 8. The molecule has 352 valence electrons. The summed E-state index contributed by atoms with van der Waals surface area (Å²) < 4.78 is 0. The maximum Gasteiger partial charge on any atom is 0.245 e. The smallest absolute Gasteiger partial charge is 0.245 e. The van der Waals surface area contributed by atoms with E-state index in [0.29, 0.717) is 16.1 Å². The molecule has 1 saturated heterocycles. The summed E-state index contributed by atoms with van der Waals surface area (Å²) >= 11 is 6.00. The predicted molar refractivity (Wildman–Crippen MR) is 239 cm³/mol. The van der Waals surface area contributed by atoms with Gasteiger partial charge in [-0.1, -0.05) is 67.9 Å². The summed E-state index contributed by atoms with van der Waals surface area (Å²) in [6.45, 7) is 4.40. The zero-order valence-electron chi connectivity index (χ0n) is 36.5. The molecule has 2 aromatic rings. The molecule has 64 heavy (non-hydrogen) atoms. The molecule has 0 radical (unpaired) electrons. The average Bonchev–Trinajstić information content (AvgIpc) is 3.24. The fourth-order valence-corrected chi connectivity index (χ4v) is 6.97. The highest BCUT2D eigenvalue weighted by molar-refractivity contribution is 6.30. The van der Waals surface area contributed by atoms with Gasteiger partial charge >= 0.3 is 0 Å². The van der Waals surface area contributed by atoms with Crippen molar-refractivity contribution < 1.29 is 43.5 Å². The maximum absolute atomic E-state index is 14.2. The Kier molecular flexibility index (Phi) is 22.1. The second-order valence-corrected chi connectivity index (χ2v) is 16.5. The molecule has 0 saturated carbocycles. The topological polar surface area (TPSA) is 331 Å². The number of amides is 8. The fraction of sp³-hybridized carbons (Fsp3) is 0.535. The van der Waals surface area contributed by atoms with E-state index in [1.807, 2.05) is 13.8 Å². The van der Waals surface area contributed by atoms with Crippen molar-refractivity contribution in [2.75, 3.05) is 26.2 Å². The molecular formula is C43H64ClN11O9. The lowest BCUT2D eigenvalue weighted by atomic mass is 10.00. The Morgan fingerprint density at radius 2 is 1.11 bits per heavy atom. The summed E-state index contributed by atoms with van der Waals surface area (Å²) in [5.74, 6) is -6.38. The van der Waals surface area contributed by atoms with Gasteiger partial charge in [0.2, 0.25) is 47.3 Å². The van der Waals surface area contributed by atoms with Gasteiger partial charge in [-0.15, -0.1) is 0 Å². The minimum Gasteiger partial charge on any atom is -0.391 e. The van der Waals surface area contributed by atoms with Crippen LogP contribution in [0.3, 0.4) is 0 Å². The van der Waals surface area contributed by atoms with E-state index in [1.165, 1.54) is 6.92 Å². The van der Waals surface area contributed by atoms with Gasteiger partial charge in [0.15, 0.2) is 0 Å². The number of halogens is 1. The van der Waals surface area contributed by atoms with Crippen molar-refractivity contribution in [3.8, 4) is 0 Å². The SMILES string of the molecule is CC(C)C[C@@H]1NC(=O)[C@@H](Cc2ccccc2)NC(=O)[C@H](CCN)NC(=O)[C@@H](NC(=O)Cc2ccc(Cl)cc2)CCNC(=O)[C@H]([C@@H](C)O)NC(=O)[C@H](CCN)NC(=O)[C@H](CCN)NC1=O. The monoisotopic (exact) mass is 913 g/mol. The average molecular weight is 915 g/mol. The van der Waals surface area contributed by atoms with Crippen molar-refractivity contribution in [2.45, 2.75) is 114 Å². The third-order valence-corrected chi connectivity index (χ3v) is 10.5. The van der Waals surface area contributed by atoms with Crippen molar-refractivity contribution in [3.63, 3.8) is 0 Å². The van der Waals surface area contributed by atoms with Gasteiger partial charge in [0.25, 0.3) is 0 Å². The highest BCUT2D eigenvalue weighted by Gasteiger charge is 2.35. The third kappa shape index (κ3) is 17.5. The van der Waals surface area contributed by atoms with Crippen LogP contribution in [0.25, 0.3) is 0 Å². The van der Waals surface area contributed by atoms with Crippen LogP contribution in [0.1, 0.15) is 64.0 Å². The molecule has 21 heteroatoms. The van der Waals surface area contributed by atoms with Crippen LogP contribution >= 0.6 is 11.6 Å². The Labute approximate surface area is 378 Å². The fourth-order valence-electron chi connectivity index (χ4n) is 6.84. The van der Waals surface area contributed by atoms with Gasteiger partial charge in [0, 0.05) is 18.0 Å². The summed E-state index contributed by atoms with van der Waals surface area (Å²) in [7, 11) is 0. The van der Waals surface area contributed by atoms with Gasteiger partial charge < -0.3 is 64.8 Å². The quantitative estimate of drug-likeness (QED) is 0.0938. The molecule has 0 spiro atoms. The van der Waals surface area contributed by atoms with Crippen molar-refractivity contribution in [3.05, 3.63) is 70.7 Å². The molecule has 2 aromatic carbocycles. The van der Waals surface area contributed by atoms with Gasteiger partial charge in [-0.3, -0.25) is 38.4 Å². The molecule has 8 atom stereocenters. The first-order valence-corrected chi connectivity index (χ1v) is 21.8. The van der Waals surface area contributed by atoms with Crippen molar-refractivity contribution >= 4 is 58.9 Å². The summed E-state index contributed by atoms with van der Waals surface area (Å²) in [5.41, 5.74) is 18.7. The van der Waals surface area contributed by atoms with E-state index in [2.05, 4.69) is 42.5 Å². The number of rotatable bonds is 14. The lowest BCUT2D eigenvalue weighted by Crippen LogP contribution is -2.61. The summed E-state index contributed by atoms with van der Waals surface area (Å²) in [6.07, 6.45) is -2.03. The van der Waals surface area contributed by atoms with Gasteiger partial charge in [-0.05, 0) is 87.8 Å². The second kappa shape index (κ2) is 26.8. The third-order valence-electron chi connectivity index (χ3n) is 10.2. The largest absolute Gasteiger partial charge is 0.391 e. The number of carbonyl (C=O) groups excluding carboxylic acids is 8. The van der Waals surface area contributed by atoms with Crippen LogP contribution < -0.4 is 59.7 Å². The number of hydrogen-bond donors (Lipinski definition) is 12. The Hall–Kier alpha value is -5.67. The number of nitrogens with two attached hydrogens (primary N) is 3. The molecule has 1 aliphatic heterocycles. The summed E-state index contributed by atoms with van der Waals surface area (Å²) in [4.78, 5) is 110. The van der Waals surface area contributed by atoms with E-state index in [4.69, 9.17) is 28.8 Å². The van der Waals surface area contributed by atoms with Crippen LogP contribution in [0, 0.1) is 5.92 Å². The predicted octanol–water partition coefficient (Wildman–Crippen LogP) is -2.49. The molecule has 3 rings (SSSR count). The van der Waals surface area contributed by atoms with Gasteiger partial charge in [-0.25, -0.2) is 0 Å². The molecule has 1 aliphatic rings. The molecule has 15 N–H and O–H groups in total. The van der Waals surface area contributed by atoms with Crippen molar-refractivity contribution in [2.24, 2.45) is 23.1 Å². The lowest BCUT2D eigenvalue weighted by Gasteiger charge is -2.28. The minimum absolute atomic E-state index is 0.0307. The van der Waals surface area contributed by atoms with E-state index in [-0.39, 0.29) is 77.0 Å². The molecule has 0 aliphatic carbocycles. The molecule has 0 aromatic heterocycles. The Morgan fingerprint density at radius 3 is 1.62 bits per heavy atom. The van der Waals surface area contributed by atoms with Crippen molar-refractivity contribution in [1.29, 1.82) is 0 Å². The van der Waals surface area contributed by atoms with Crippen molar-refractivity contribution in [1.82, 2.24) is 42.5 Å². The number of hydrogen-bond acceptors (Lipinski definition) is 12.